The molecule has 0 aromatic heterocycles. The van der Waals surface area contributed by atoms with Gasteiger partial charge in [0, 0.05) is 25.7 Å². The number of benzene rings is 2. The maximum absolute atomic E-state index is 13.2. The molecule has 1 amide bonds. The molecule has 0 aliphatic heterocycles. The lowest BCUT2D eigenvalue weighted by atomic mass is 10.2. The molecule has 0 fully saturated rings. The summed E-state index contributed by atoms with van der Waals surface area (Å²) < 4.78 is 18.3. The monoisotopic (exact) mass is 394 g/mol. The molecule has 27 heavy (non-hydrogen) atoms. The molecule has 0 radical (unpaired) electrons. The number of rotatable bonds is 6. The van der Waals surface area contributed by atoms with Crippen LogP contribution in [0.2, 0.25) is 5.02 Å². The Morgan fingerprint density at radius 3 is 2.63 bits per heavy atom. The number of ether oxygens (including phenoxy) is 1. The van der Waals surface area contributed by atoms with Gasteiger partial charge >= 0.3 is 5.97 Å². The molecular formula is C18H16ClFN2O5. The second-order valence-corrected chi connectivity index (χ2v) is 6.20. The van der Waals surface area contributed by atoms with Crippen LogP contribution >= 0.6 is 11.6 Å². The summed E-state index contributed by atoms with van der Waals surface area (Å²) >= 11 is 5.89. The number of nitrogens with zero attached hydrogens (tertiary/aromatic N) is 2. The van der Waals surface area contributed by atoms with Crippen LogP contribution in [0.5, 0.6) is 0 Å². The van der Waals surface area contributed by atoms with Crippen LogP contribution in [0.15, 0.2) is 42.5 Å². The summed E-state index contributed by atoms with van der Waals surface area (Å²) in [5.74, 6) is -1.90. The highest BCUT2D eigenvalue weighted by molar-refractivity contribution is 6.33. The van der Waals surface area contributed by atoms with Crippen molar-refractivity contribution in [1.29, 1.82) is 0 Å². The van der Waals surface area contributed by atoms with Gasteiger partial charge in [0.25, 0.3) is 11.6 Å². The van der Waals surface area contributed by atoms with Crippen molar-refractivity contribution in [3.8, 4) is 0 Å². The number of carbonyl (C=O) groups excluding carboxylic acids is 2. The fraction of sp³-hybridized carbons (Fsp3) is 0.222. The minimum absolute atomic E-state index is 0.0293. The van der Waals surface area contributed by atoms with Gasteiger partial charge in [-0.3, -0.25) is 14.9 Å². The second kappa shape index (κ2) is 8.59. The standard InChI is InChI=1S/C18H16ClFN2O5/c1-11(17(23)21(2)10-12-4-3-5-13(20)8-12)27-18(24)15-9-14(22(25)26)6-7-16(15)19/h3-9,11H,10H2,1-2H3/t11-/m1/s1. The van der Waals surface area contributed by atoms with Crippen LogP contribution in [0.1, 0.15) is 22.8 Å². The molecule has 2 aromatic rings. The number of non-ortho nitro benzene ring substituents is 1. The van der Waals surface area contributed by atoms with E-state index in [1.54, 1.807) is 6.07 Å². The Labute approximate surface area is 159 Å². The normalized spacial score (nSPS) is 11.6. The summed E-state index contributed by atoms with van der Waals surface area (Å²) in [6.45, 7) is 1.49. The molecule has 0 heterocycles. The van der Waals surface area contributed by atoms with Gasteiger partial charge in [0.1, 0.15) is 5.82 Å². The third-order valence-corrected chi connectivity index (χ3v) is 4.03. The van der Waals surface area contributed by atoms with Crippen molar-refractivity contribution in [2.24, 2.45) is 0 Å². The highest BCUT2D eigenvalue weighted by Gasteiger charge is 2.24. The molecule has 2 rings (SSSR count). The number of carbonyl (C=O) groups is 2. The molecule has 9 heteroatoms. The average molecular weight is 395 g/mol. The number of likely N-dealkylation sites (N-methyl/N-ethyl adjacent to an activating group) is 1. The number of hydrogen-bond acceptors (Lipinski definition) is 5. The van der Waals surface area contributed by atoms with Crippen molar-refractivity contribution in [1.82, 2.24) is 4.90 Å². The zero-order chi connectivity index (χ0) is 20.1. The van der Waals surface area contributed by atoms with E-state index in [1.807, 2.05) is 0 Å². The quantitative estimate of drug-likeness (QED) is 0.424. The van der Waals surface area contributed by atoms with E-state index in [-0.39, 0.29) is 22.8 Å². The number of esters is 1. The molecule has 0 unspecified atom stereocenters. The molecule has 142 valence electrons. The summed E-state index contributed by atoms with van der Waals surface area (Å²) in [7, 11) is 1.48. The Morgan fingerprint density at radius 2 is 2.00 bits per heavy atom. The van der Waals surface area contributed by atoms with E-state index >= 15 is 0 Å². The number of hydrogen-bond donors (Lipinski definition) is 0. The van der Waals surface area contributed by atoms with Crippen LogP contribution in [-0.4, -0.2) is 34.9 Å². The minimum atomic E-state index is -1.16. The van der Waals surface area contributed by atoms with E-state index in [2.05, 4.69) is 0 Å². The zero-order valence-corrected chi connectivity index (χ0v) is 15.3. The summed E-state index contributed by atoms with van der Waals surface area (Å²) in [5, 5.41) is 10.8. The van der Waals surface area contributed by atoms with Crippen molar-refractivity contribution in [3.05, 3.63) is 74.5 Å². The molecule has 7 nitrogen and oxygen atoms in total. The van der Waals surface area contributed by atoms with Crippen LogP contribution < -0.4 is 0 Å². The van der Waals surface area contributed by atoms with E-state index < -0.39 is 28.7 Å². The van der Waals surface area contributed by atoms with Crippen molar-refractivity contribution >= 4 is 29.2 Å². The Morgan fingerprint density at radius 1 is 1.30 bits per heavy atom. The lowest BCUT2D eigenvalue weighted by Crippen LogP contribution is -2.37. The van der Waals surface area contributed by atoms with Crippen LogP contribution in [0, 0.1) is 15.9 Å². The number of amides is 1. The van der Waals surface area contributed by atoms with Crippen LogP contribution in [-0.2, 0) is 16.1 Å². The van der Waals surface area contributed by atoms with Crippen molar-refractivity contribution in [3.63, 3.8) is 0 Å². The summed E-state index contributed by atoms with van der Waals surface area (Å²) in [4.78, 5) is 36.0. The van der Waals surface area contributed by atoms with Crippen LogP contribution in [0.4, 0.5) is 10.1 Å². The largest absolute Gasteiger partial charge is 0.449 e. The van der Waals surface area contributed by atoms with Crippen molar-refractivity contribution < 1.29 is 23.6 Å². The maximum Gasteiger partial charge on any atom is 0.340 e. The third-order valence-electron chi connectivity index (χ3n) is 3.70. The molecule has 0 bridgehead atoms. The van der Waals surface area contributed by atoms with E-state index in [1.165, 1.54) is 43.1 Å². The van der Waals surface area contributed by atoms with E-state index in [9.17, 15) is 24.1 Å². The topological polar surface area (TPSA) is 89.7 Å². The fourth-order valence-corrected chi connectivity index (χ4v) is 2.55. The first-order valence-corrected chi connectivity index (χ1v) is 8.21. The number of halogens is 2. The lowest BCUT2D eigenvalue weighted by molar-refractivity contribution is -0.384. The fourth-order valence-electron chi connectivity index (χ4n) is 2.36. The smallest absolute Gasteiger partial charge is 0.340 e. The van der Waals surface area contributed by atoms with Gasteiger partial charge in [0.05, 0.1) is 15.5 Å². The van der Waals surface area contributed by atoms with Gasteiger partial charge in [0.15, 0.2) is 6.10 Å². The first-order chi connectivity index (χ1) is 12.7. The summed E-state index contributed by atoms with van der Waals surface area (Å²) in [6.07, 6.45) is -1.16. The predicted molar refractivity (Wildman–Crippen MR) is 95.9 cm³/mol. The first kappa shape index (κ1) is 20.3. The van der Waals surface area contributed by atoms with Gasteiger partial charge < -0.3 is 9.64 Å². The van der Waals surface area contributed by atoms with Gasteiger partial charge in [-0.05, 0) is 30.7 Å². The van der Waals surface area contributed by atoms with E-state index in [4.69, 9.17) is 16.3 Å². The van der Waals surface area contributed by atoms with Crippen molar-refractivity contribution in [2.45, 2.75) is 19.6 Å². The molecule has 0 saturated carbocycles. The Balaban J connectivity index is 2.06. The highest BCUT2D eigenvalue weighted by Crippen LogP contribution is 2.23. The first-order valence-electron chi connectivity index (χ1n) is 7.83. The van der Waals surface area contributed by atoms with Gasteiger partial charge in [-0.25, -0.2) is 9.18 Å². The lowest BCUT2D eigenvalue weighted by Gasteiger charge is -2.21. The highest BCUT2D eigenvalue weighted by atomic mass is 35.5. The molecule has 0 aliphatic carbocycles. The maximum atomic E-state index is 13.2. The Bertz CT molecular complexity index is 890. The van der Waals surface area contributed by atoms with Gasteiger partial charge in [-0.15, -0.1) is 0 Å². The van der Waals surface area contributed by atoms with Gasteiger partial charge in [-0.1, -0.05) is 23.7 Å². The average Bonchev–Trinajstić information content (AvgIpc) is 2.60. The molecule has 0 aliphatic rings. The number of nitro benzene ring substituents is 1. The van der Waals surface area contributed by atoms with Gasteiger partial charge in [-0.2, -0.15) is 0 Å². The summed E-state index contributed by atoms with van der Waals surface area (Å²) in [6, 6.07) is 9.11. The number of nitro groups is 1. The zero-order valence-electron chi connectivity index (χ0n) is 14.5. The predicted octanol–water partition coefficient (Wildman–Crippen LogP) is 3.59. The molecule has 1 atom stereocenters. The molecule has 0 N–H and O–H groups in total. The molecule has 0 saturated heterocycles. The van der Waals surface area contributed by atoms with E-state index in [0.717, 1.165) is 12.1 Å². The summed E-state index contributed by atoms with van der Waals surface area (Å²) in [5.41, 5.74) is 0.0398. The minimum Gasteiger partial charge on any atom is -0.449 e. The Hall–Kier alpha value is -3.00. The second-order valence-electron chi connectivity index (χ2n) is 5.79. The van der Waals surface area contributed by atoms with Crippen LogP contribution in [0.25, 0.3) is 0 Å². The van der Waals surface area contributed by atoms with E-state index in [0.29, 0.717) is 5.56 Å². The third kappa shape index (κ3) is 5.24. The van der Waals surface area contributed by atoms with Gasteiger partial charge in [0.2, 0.25) is 0 Å². The molecular weight excluding hydrogens is 379 g/mol. The SMILES string of the molecule is C[C@@H](OC(=O)c1cc([N+](=O)[O-])ccc1Cl)C(=O)N(C)Cc1cccc(F)c1. The van der Waals surface area contributed by atoms with Crippen molar-refractivity contribution in [2.75, 3.05) is 7.05 Å². The Kier molecular flexibility index (Phi) is 6.46. The molecule has 0 spiro atoms. The molecule has 2 aromatic carbocycles. The van der Waals surface area contributed by atoms with Crippen LogP contribution in [0.3, 0.4) is 0 Å².